The second-order valence-electron chi connectivity index (χ2n) is 12.2. The highest BCUT2D eigenvalue weighted by Gasteiger charge is 2.55. The minimum absolute atomic E-state index is 0.0829. The number of benzene rings is 1. The van der Waals surface area contributed by atoms with Crippen LogP contribution in [0.25, 0.3) is 0 Å². The second kappa shape index (κ2) is 10.0. The molecule has 0 saturated heterocycles. The molecule has 10 heteroatoms. The zero-order chi connectivity index (χ0) is 27.1. The van der Waals surface area contributed by atoms with Crippen LogP contribution in [0.1, 0.15) is 64.0 Å². The van der Waals surface area contributed by atoms with Gasteiger partial charge in [0, 0.05) is 19.1 Å². The van der Waals surface area contributed by atoms with Crippen molar-refractivity contribution in [2.45, 2.75) is 71.1 Å². The molecule has 1 aromatic carbocycles. The van der Waals surface area contributed by atoms with Gasteiger partial charge in [0.05, 0.1) is 6.20 Å². The van der Waals surface area contributed by atoms with Crippen LogP contribution in [0.3, 0.4) is 0 Å². The number of hydrogen-bond donors (Lipinski definition) is 3. The minimum atomic E-state index is -0.911. The highest BCUT2D eigenvalue weighted by Crippen LogP contribution is 2.60. The van der Waals surface area contributed by atoms with E-state index in [1.807, 2.05) is 20.8 Å². The van der Waals surface area contributed by atoms with E-state index < -0.39 is 17.2 Å². The van der Waals surface area contributed by atoms with E-state index in [0.29, 0.717) is 47.2 Å². The van der Waals surface area contributed by atoms with E-state index in [1.54, 1.807) is 0 Å². The Hall–Kier alpha value is -3.48. The van der Waals surface area contributed by atoms with Gasteiger partial charge in [-0.25, -0.2) is 18.6 Å². The third-order valence-electron chi connectivity index (χ3n) is 8.06. The Morgan fingerprint density at radius 3 is 2.55 bits per heavy atom. The number of ether oxygens (including phenoxy) is 1. The average Bonchev–Trinajstić information content (AvgIpc) is 2.84. The van der Waals surface area contributed by atoms with Crippen molar-refractivity contribution in [1.82, 2.24) is 15.3 Å². The number of hydrogen-bond acceptors (Lipinski definition) is 7. The first-order valence-electron chi connectivity index (χ1n) is 13.2. The first-order valence-corrected chi connectivity index (χ1v) is 13.2. The summed E-state index contributed by atoms with van der Waals surface area (Å²) in [6, 6.07) is 5.98. The topological polar surface area (TPSA) is 112 Å². The zero-order valence-electron chi connectivity index (χ0n) is 22.0. The van der Waals surface area contributed by atoms with Crippen LogP contribution < -0.4 is 16.0 Å². The molecule has 1 heterocycles. The highest BCUT2D eigenvalue weighted by atomic mass is 19.2. The van der Waals surface area contributed by atoms with Crippen molar-refractivity contribution in [3.63, 3.8) is 0 Å². The summed E-state index contributed by atoms with van der Waals surface area (Å²) in [5, 5.41) is 19.2. The number of nitriles is 1. The van der Waals surface area contributed by atoms with Crippen LogP contribution in [0.2, 0.25) is 0 Å². The lowest BCUT2D eigenvalue weighted by molar-refractivity contribution is -0.0703. The van der Waals surface area contributed by atoms with Crippen molar-refractivity contribution >= 4 is 17.9 Å². The Balaban J connectivity index is 1.24. The number of nitrogens with one attached hydrogen (secondary N) is 3. The molecule has 1 aromatic heterocycles. The maximum atomic E-state index is 13.5. The summed E-state index contributed by atoms with van der Waals surface area (Å²) < 4.78 is 32.2. The van der Waals surface area contributed by atoms with Crippen LogP contribution >= 0.6 is 0 Å². The normalized spacial score (nSPS) is 27.5. The van der Waals surface area contributed by atoms with Crippen molar-refractivity contribution < 1.29 is 18.3 Å². The summed E-state index contributed by atoms with van der Waals surface area (Å²) >= 11 is 0. The van der Waals surface area contributed by atoms with Crippen LogP contribution in [0.4, 0.5) is 25.3 Å². The van der Waals surface area contributed by atoms with Crippen molar-refractivity contribution in [2.24, 2.45) is 23.2 Å². The second-order valence-corrected chi connectivity index (χ2v) is 12.2. The largest absolute Gasteiger partial charge is 0.444 e. The molecular weight excluding hydrogens is 490 g/mol. The molecule has 3 unspecified atom stereocenters. The Bertz CT molecular complexity index is 1240. The van der Waals surface area contributed by atoms with Gasteiger partial charge in [-0.15, -0.1) is 0 Å². The van der Waals surface area contributed by atoms with Gasteiger partial charge < -0.3 is 20.7 Å². The predicted octanol–water partition coefficient (Wildman–Crippen LogP) is 5.37. The number of carbonyl (C=O) groups is 1. The lowest BCUT2D eigenvalue weighted by Crippen LogP contribution is -2.60. The minimum Gasteiger partial charge on any atom is -0.444 e. The molecule has 202 valence electrons. The maximum absolute atomic E-state index is 13.5. The van der Waals surface area contributed by atoms with Crippen molar-refractivity contribution in [3.05, 3.63) is 47.2 Å². The van der Waals surface area contributed by atoms with E-state index in [4.69, 9.17) is 4.74 Å². The fraction of sp³-hybridized carbons (Fsp3) is 0.571. The Morgan fingerprint density at radius 2 is 1.89 bits per heavy atom. The third-order valence-corrected chi connectivity index (χ3v) is 8.06. The van der Waals surface area contributed by atoms with Gasteiger partial charge in [-0.2, -0.15) is 10.2 Å². The predicted molar refractivity (Wildman–Crippen MR) is 138 cm³/mol. The zero-order valence-corrected chi connectivity index (χ0v) is 22.0. The Morgan fingerprint density at radius 1 is 1.16 bits per heavy atom. The van der Waals surface area contributed by atoms with E-state index in [1.165, 1.54) is 12.3 Å². The number of carbonyl (C=O) groups excluding carboxylic acids is 1. The monoisotopic (exact) mass is 524 g/mol. The summed E-state index contributed by atoms with van der Waals surface area (Å²) in [7, 11) is 0. The number of amides is 1. The smallest absolute Gasteiger partial charge is 0.407 e. The van der Waals surface area contributed by atoms with Crippen LogP contribution in [-0.4, -0.2) is 34.2 Å². The van der Waals surface area contributed by atoms with Crippen molar-refractivity contribution in [3.8, 4) is 6.07 Å². The lowest BCUT2D eigenvalue weighted by Gasteiger charge is -2.60. The van der Waals surface area contributed by atoms with Crippen LogP contribution in [0.5, 0.6) is 0 Å². The molecule has 1 amide bonds. The molecule has 38 heavy (non-hydrogen) atoms. The molecule has 5 atom stereocenters. The molecule has 3 N–H and O–H groups in total. The molecule has 6 rings (SSSR count). The van der Waals surface area contributed by atoms with Gasteiger partial charge in [-0.1, -0.05) is 6.07 Å². The number of alkyl carbamates (subject to hydrolysis) is 1. The lowest BCUT2D eigenvalue weighted by atomic mass is 9.48. The maximum Gasteiger partial charge on any atom is 0.407 e. The van der Waals surface area contributed by atoms with E-state index in [0.717, 1.165) is 44.2 Å². The van der Waals surface area contributed by atoms with Gasteiger partial charge in [0.1, 0.15) is 23.1 Å². The standard InChI is InChI=1S/C28H34F2N6O2/c1-27(2,3)38-26(37)35-23-18-6-17-7-19(23)11-28(9-17,10-18)15-34-24-20(12-31)14-33-25(36-24)32-13-16-4-5-21(29)22(30)8-16/h4-5,8,14,17-19,23H,6-7,9-11,13,15H2,1-3H3,(H,35,37)(H2,32,33,34,36)/t17?,18-,19+,23?,28?. The quantitative estimate of drug-likeness (QED) is 0.446. The molecular formula is C28H34F2N6O2. The van der Waals surface area contributed by atoms with Crippen LogP contribution in [0, 0.1) is 46.1 Å². The van der Waals surface area contributed by atoms with Gasteiger partial charge in [-0.05, 0) is 93.7 Å². The summed E-state index contributed by atoms with van der Waals surface area (Å²) in [5.74, 6) is 0.394. The van der Waals surface area contributed by atoms with Crippen molar-refractivity contribution in [2.75, 3.05) is 17.2 Å². The third kappa shape index (κ3) is 5.66. The number of anilines is 2. The molecule has 0 radical (unpaired) electrons. The number of halogens is 2. The summed E-state index contributed by atoms with van der Waals surface area (Å²) in [5.41, 5.74) is 0.451. The van der Waals surface area contributed by atoms with Crippen LogP contribution in [0.15, 0.2) is 24.4 Å². The molecule has 8 nitrogen and oxygen atoms in total. The number of aromatic nitrogens is 2. The van der Waals surface area contributed by atoms with Gasteiger partial charge in [0.15, 0.2) is 11.6 Å². The summed E-state index contributed by atoms with van der Waals surface area (Å²) in [4.78, 5) is 21.2. The SMILES string of the molecule is CC(C)(C)OC(=O)NC1[C@@H]2CC3C[C@H]1CC(CNc1nc(NCc4ccc(F)c(F)c4)ncc1C#N)(C3)C2. The summed E-state index contributed by atoms with van der Waals surface area (Å²) in [6.07, 6.45) is 6.49. The Labute approximate surface area is 221 Å². The van der Waals surface area contributed by atoms with Crippen LogP contribution in [-0.2, 0) is 11.3 Å². The number of rotatable bonds is 7. The van der Waals surface area contributed by atoms with E-state index in [2.05, 4.69) is 32.0 Å². The van der Waals surface area contributed by atoms with E-state index in [9.17, 15) is 18.8 Å². The first-order chi connectivity index (χ1) is 18.0. The Kier molecular flexibility index (Phi) is 6.88. The molecule has 4 aliphatic carbocycles. The van der Waals surface area contributed by atoms with Gasteiger partial charge in [0.25, 0.3) is 0 Å². The molecule has 0 aliphatic heterocycles. The van der Waals surface area contributed by atoms with Crippen molar-refractivity contribution in [1.29, 1.82) is 5.26 Å². The molecule has 0 spiro atoms. The molecule has 4 aliphatic rings. The van der Waals surface area contributed by atoms with Gasteiger partial charge in [0.2, 0.25) is 5.95 Å². The molecule has 4 saturated carbocycles. The molecule has 4 bridgehead atoms. The number of nitrogens with zero attached hydrogens (tertiary/aromatic N) is 3. The van der Waals surface area contributed by atoms with E-state index in [-0.39, 0.29) is 24.1 Å². The van der Waals surface area contributed by atoms with E-state index >= 15 is 0 Å². The highest BCUT2D eigenvalue weighted by molar-refractivity contribution is 5.68. The average molecular weight is 525 g/mol. The fourth-order valence-corrected chi connectivity index (χ4v) is 6.87. The van der Waals surface area contributed by atoms with Gasteiger partial charge in [-0.3, -0.25) is 0 Å². The first kappa shape index (κ1) is 26.1. The van der Waals surface area contributed by atoms with Gasteiger partial charge >= 0.3 is 6.09 Å². The fourth-order valence-electron chi connectivity index (χ4n) is 6.87. The molecule has 2 aromatic rings. The summed E-state index contributed by atoms with van der Waals surface area (Å²) in [6.45, 7) is 6.51. The molecule has 4 fully saturated rings.